The van der Waals surface area contributed by atoms with Gasteiger partial charge in [-0.3, -0.25) is 10.1 Å². The fourth-order valence-electron chi connectivity index (χ4n) is 4.16. The van der Waals surface area contributed by atoms with Gasteiger partial charge in [-0.1, -0.05) is 38.1 Å². The Balaban J connectivity index is 1.51. The SMILES string of the molecule is CC1=C(c2ccc(C(C)C)cc2)S(=O)(=O)N=C1N1CCN(c2ccc([N+](=O)[O-])cc2)CC1. The van der Waals surface area contributed by atoms with Crippen molar-refractivity contribution in [2.75, 3.05) is 31.1 Å². The molecule has 0 unspecified atom stereocenters. The predicted molar refractivity (Wildman–Crippen MR) is 126 cm³/mol. The predicted octanol–water partition coefficient (Wildman–Crippen LogP) is 4.01. The third kappa shape index (κ3) is 4.12. The van der Waals surface area contributed by atoms with E-state index in [2.05, 4.69) is 23.1 Å². The lowest BCUT2D eigenvalue weighted by atomic mass is 10.0. The summed E-state index contributed by atoms with van der Waals surface area (Å²) in [6, 6.07) is 14.1. The number of sulfonamides is 1. The quantitative estimate of drug-likeness (QED) is 0.512. The van der Waals surface area contributed by atoms with Gasteiger partial charge in [0.15, 0.2) is 0 Å². The maximum atomic E-state index is 12.9. The molecule has 0 atom stereocenters. The van der Waals surface area contributed by atoms with Gasteiger partial charge in [-0.05, 0) is 36.1 Å². The molecule has 2 aromatic rings. The van der Waals surface area contributed by atoms with Crippen molar-refractivity contribution in [1.29, 1.82) is 0 Å². The van der Waals surface area contributed by atoms with Gasteiger partial charge in [0, 0.05) is 49.6 Å². The van der Waals surface area contributed by atoms with Crippen molar-refractivity contribution in [3.63, 3.8) is 0 Å². The maximum Gasteiger partial charge on any atom is 0.285 e. The summed E-state index contributed by atoms with van der Waals surface area (Å²) in [6.07, 6.45) is 0. The Bertz CT molecular complexity index is 1190. The lowest BCUT2D eigenvalue weighted by molar-refractivity contribution is -0.384. The van der Waals surface area contributed by atoms with Crippen LogP contribution in [0.15, 0.2) is 58.5 Å². The minimum absolute atomic E-state index is 0.0626. The molecule has 168 valence electrons. The molecule has 2 aromatic carbocycles. The van der Waals surface area contributed by atoms with Gasteiger partial charge in [-0.15, -0.1) is 4.40 Å². The van der Waals surface area contributed by atoms with E-state index in [-0.39, 0.29) is 10.6 Å². The van der Waals surface area contributed by atoms with E-state index in [9.17, 15) is 18.5 Å². The van der Waals surface area contributed by atoms with E-state index in [0.29, 0.717) is 49.1 Å². The first-order valence-corrected chi connectivity index (χ1v) is 12.0. The summed E-state index contributed by atoms with van der Waals surface area (Å²) in [5.41, 5.74) is 3.47. The van der Waals surface area contributed by atoms with Crippen LogP contribution >= 0.6 is 0 Å². The molecule has 0 aromatic heterocycles. The Morgan fingerprint density at radius 1 is 0.938 bits per heavy atom. The van der Waals surface area contributed by atoms with Crippen molar-refractivity contribution in [3.05, 3.63) is 75.3 Å². The Hall–Kier alpha value is -3.20. The van der Waals surface area contributed by atoms with Crippen molar-refractivity contribution in [1.82, 2.24) is 4.90 Å². The molecule has 0 amide bonds. The second kappa shape index (κ2) is 8.38. The van der Waals surface area contributed by atoms with Crippen molar-refractivity contribution in [2.45, 2.75) is 26.7 Å². The molecule has 0 bridgehead atoms. The molecular formula is C23H26N4O4S. The van der Waals surface area contributed by atoms with Gasteiger partial charge in [-0.25, -0.2) is 0 Å². The van der Waals surface area contributed by atoms with Crippen LogP contribution in [0.1, 0.15) is 37.8 Å². The van der Waals surface area contributed by atoms with E-state index >= 15 is 0 Å². The van der Waals surface area contributed by atoms with E-state index < -0.39 is 14.9 Å². The van der Waals surface area contributed by atoms with Gasteiger partial charge in [0.25, 0.3) is 15.7 Å². The van der Waals surface area contributed by atoms with Gasteiger partial charge in [0.05, 0.1) is 4.92 Å². The largest absolute Gasteiger partial charge is 0.368 e. The smallest absolute Gasteiger partial charge is 0.285 e. The maximum absolute atomic E-state index is 12.9. The zero-order chi connectivity index (χ0) is 23.0. The van der Waals surface area contributed by atoms with Crippen LogP contribution in [0.3, 0.4) is 0 Å². The minimum Gasteiger partial charge on any atom is -0.368 e. The van der Waals surface area contributed by atoms with E-state index in [1.165, 1.54) is 12.1 Å². The molecule has 1 fully saturated rings. The van der Waals surface area contributed by atoms with Gasteiger partial charge in [-0.2, -0.15) is 8.42 Å². The van der Waals surface area contributed by atoms with Gasteiger partial charge < -0.3 is 9.80 Å². The van der Waals surface area contributed by atoms with Crippen molar-refractivity contribution in [2.24, 2.45) is 4.40 Å². The lowest BCUT2D eigenvalue weighted by Gasteiger charge is -2.37. The monoisotopic (exact) mass is 454 g/mol. The number of nitro groups is 1. The number of non-ortho nitro benzene ring substituents is 1. The summed E-state index contributed by atoms with van der Waals surface area (Å²) < 4.78 is 29.9. The van der Waals surface area contributed by atoms with Gasteiger partial charge >= 0.3 is 0 Å². The first-order valence-electron chi connectivity index (χ1n) is 10.6. The van der Waals surface area contributed by atoms with Crippen LogP contribution in [-0.4, -0.2) is 50.3 Å². The highest BCUT2D eigenvalue weighted by atomic mass is 32.2. The molecule has 2 aliphatic heterocycles. The molecular weight excluding hydrogens is 428 g/mol. The van der Waals surface area contributed by atoms with E-state index in [4.69, 9.17) is 0 Å². The second-order valence-electron chi connectivity index (χ2n) is 8.37. The summed E-state index contributed by atoms with van der Waals surface area (Å²) in [5, 5.41) is 10.9. The normalized spacial score (nSPS) is 18.3. The van der Waals surface area contributed by atoms with Crippen LogP contribution in [0.25, 0.3) is 4.91 Å². The molecule has 32 heavy (non-hydrogen) atoms. The highest BCUT2D eigenvalue weighted by Gasteiger charge is 2.34. The molecule has 0 N–H and O–H groups in total. The summed E-state index contributed by atoms with van der Waals surface area (Å²) in [7, 11) is -3.75. The van der Waals surface area contributed by atoms with Crippen LogP contribution < -0.4 is 4.90 Å². The highest BCUT2D eigenvalue weighted by Crippen LogP contribution is 2.34. The van der Waals surface area contributed by atoms with Crippen LogP contribution in [-0.2, 0) is 10.0 Å². The summed E-state index contributed by atoms with van der Waals surface area (Å²) in [5.74, 6) is 0.884. The standard InChI is InChI=1S/C23H26N4O4S/c1-16(2)18-4-6-19(7-5-18)22-17(3)23(24-32(22,30)31)26-14-12-25(13-15-26)20-8-10-21(11-9-20)27(28)29/h4-11,16H,12-15H2,1-3H3. The van der Waals surface area contributed by atoms with E-state index in [0.717, 1.165) is 11.3 Å². The Labute approximate surface area is 188 Å². The number of rotatable bonds is 4. The summed E-state index contributed by atoms with van der Waals surface area (Å²) in [4.78, 5) is 14.9. The lowest BCUT2D eigenvalue weighted by Crippen LogP contribution is -2.48. The molecule has 4 rings (SSSR count). The van der Waals surface area contributed by atoms with Crippen LogP contribution in [0.2, 0.25) is 0 Å². The van der Waals surface area contributed by atoms with Crippen molar-refractivity contribution >= 4 is 32.1 Å². The number of nitrogens with zero attached hydrogens (tertiary/aromatic N) is 4. The van der Waals surface area contributed by atoms with Gasteiger partial charge in [0.1, 0.15) is 10.7 Å². The zero-order valence-corrected chi connectivity index (χ0v) is 19.2. The fourth-order valence-corrected chi connectivity index (χ4v) is 5.65. The number of benzene rings is 2. The number of hydrogen-bond donors (Lipinski definition) is 0. The number of nitro benzene ring substituents is 1. The van der Waals surface area contributed by atoms with E-state index in [1.54, 1.807) is 12.1 Å². The molecule has 9 heteroatoms. The third-order valence-electron chi connectivity index (χ3n) is 5.99. The topological polar surface area (TPSA) is 96.1 Å². The Kier molecular flexibility index (Phi) is 5.77. The Morgan fingerprint density at radius 2 is 1.50 bits per heavy atom. The van der Waals surface area contributed by atoms with Crippen LogP contribution in [0.5, 0.6) is 0 Å². The van der Waals surface area contributed by atoms with Crippen LogP contribution in [0, 0.1) is 10.1 Å². The molecule has 2 aliphatic rings. The molecule has 0 aliphatic carbocycles. The van der Waals surface area contributed by atoms with Crippen molar-refractivity contribution < 1.29 is 13.3 Å². The first kappa shape index (κ1) is 22.0. The molecule has 0 saturated carbocycles. The minimum atomic E-state index is -3.75. The fraction of sp³-hybridized carbons (Fsp3) is 0.348. The van der Waals surface area contributed by atoms with Crippen LogP contribution in [0.4, 0.5) is 11.4 Å². The third-order valence-corrected chi connectivity index (χ3v) is 7.46. The van der Waals surface area contributed by atoms with E-state index in [1.807, 2.05) is 36.1 Å². The first-order chi connectivity index (χ1) is 15.2. The molecule has 1 saturated heterocycles. The molecule has 2 heterocycles. The number of piperazine rings is 1. The number of anilines is 1. The molecule has 0 spiro atoms. The van der Waals surface area contributed by atoms with Gasteiger partial charge in [0.2, 0.25) is 0 Å². The number of amidine groups is 1. The molecule has 8 nitrogen and oxygen atoms in total. The van der Waals surface area contributed by atoms with Crippen molar-refractivity contribution in [3.8, 4) is 0 Å². The average Bonchev–Trinajstić information content (AvgIpc) is 3.02. The summed E-state index contributed by atoms with van der Waals surface area (Å²) >= 11 is 0. The molecule has 0 radical (unpaired) electrons. The Morgan fingerprint density at radius 3 is 2.03 bits per heavy atom. The second-order valence-corrected chi connectivity index (χ2v) is 9.91. The summed E-state index contributed by atoms with van der Waals surface area (Å²) in [6.45, 7) is 8.58. The zero-order valence-electron chi connectivity index (χ0n) is 18.4. The average molecular weight is 455 g/mol. The highest BCUT2D eigenvalue weighted by molar-refractivity contribution is 8.00. The number of hydrogen-bond acceptors (Lipinski definition) is 6.